The molecule has 0 aromatic rings. The number of aliphatic carboxylic acids is 1. The van der Waals surface area contributed by atoms with Crippen LogP contribution in [-0.2, 0) is 4.79 Å². The summed E-state index contributed by atoms with van der Waals surface area (Å²) in [6.07, 6.45) is -5.08. The van der Waals surface area contributed by atoms with Crippen LogP contribution in [0, 0.1) is 20.2 Å². The Kier molecular flexibility index (Phi) is 5.25. The molecule has 0 aromatic carbocycles. The number of rotatable bonds is 2. The van der Waals surface area contributed by atoms with Gasteiger partial charge in [0.2, 0.25) is 0 Å². The first-order chi connectivity index (χ1) is 9.14. The van der Waals surface area contributed by atoms with E-state index in [0.29, 0.717) is 0 Å². The van der Waals surface area contributed by atoms with Gasteiger partial charge < -0.3 is 5.11 Å². The Hall–Kier alpha value is -1.98. The first-order valence-corrected chi connectivity index (χ1v) is 5.49. The molecule has 0 amide bonds. The third-order valence-corrected chi connectivity index (χ3v) is 2.76. The molecule has 0 aliphatic carbocycles. The van der Waals surface area contributed by atoms with Gasteiger partial charge in [-0.25, -0.2) is 4.79 Å². The lowest BCUT2D eigenvalue weighted by Crippen LogP contribution is -2.73. The van der Waals surface area contributed by atoms with E-state index in [1.165, 1.54) is 0 Å². The number of hydrogen-bond donors (Lipinski definition) is 1. The maximum Gasteiger partial charge on any atom is 0.490 e. The van der Waals surface area contributed by atoms with Crippen molar-refractivity contribution in [3.63, 3.8) is 0 Å². The van der Waals surface area contributed by atoms with E-state index in [1.807, 2.05) is 20.8 Å². The number of likely N-dealkylation sites (tertiary alicyclic amines) is 1. The van der Waals surface area contributed by atoms with Crippen LogP contribution in [-0.4, -0.2) is 56.3 Å². The molecule has 12 heteroatoms. The highest BCUT2D eigenvalue weighted by atomic mass is 19.4. The molecule has 1 fully saturated rings. The van der Waals surface area contributed by atoms with E-state index in [1.54, 1.807) is 4.90 Å². The number of carboxylic acids is 1. The summed E-state index contributed by atoms with van der Waals surface area (Å²) in [5, 5.41) is 28.2. The highest BCUT2D eigenvalue weighted by Gasteiger charge is 2.67. The quantitative estimate of drug-likeness (QED) is 0.457. The molecule has 9 nitrogen and oxygen atoms in total. The van der Waals surface area contributed by atoms with Crippen LogP contribution >= 0.6 is 0 Å². The van der Waals surface area contributed by atoms with E-state index in [2.05, 4.69) is 0 Å². The third kappa shape index (κ3) is 4.51. The predicted molar refractivity (Wildman–Crippen MR) is 61.7 cm³/mol. The van der Waals surface area contributed by atoms with Gasteiger partial charge in [0.15, 0.2) is 0 Å². The molecule has 1 N–H and O–H groups in total. The lowest BCUT2D eigenvalue weighted by molar-refractivity contribution is -0.812. The summed E-state index contributed by atoms with van der Waals surface area (Å²) in [4.78, 5) is 30.1. The molecule has 0 unspecified atom stereocenters. The van der Waals surface area contributed by atoms with Gasteiger partial charge in [-0.1, -0.05) is 0 Å². The minimum atomic E-state index is -5.08. The molecular weight excluding hydrogens is 303 g/mol. The van der Waals surface area contributed by atoms with E-state index in [-0.39, 0.29) is 18.6 Å². The number of carbonyl (C=O) groups is 1. The van der Waals surface area contributed by atoms with Crippen molar-refractivity contribution >= 4 is 5.97 Å². The van der Waals surface area contributed by atoms with Crippen LogP contribution in [0.4, 0.5) is 13.2 Å². The van der Waals surface area contributed by atoms with E-state index < -0.39 is 27.7 Å². The predicted octanol–water partition coefficient (Wildman–Crippen LogP) is 0.984. The van der Waals surface area contributed by atoms with Gasteiger partial charge >= 0.3 is 17.8 Å². The molecule has 0 bridgehead atoms. The number of carboxylic acid groups (broad SMARTS) is 1. The fraction of sp³-hybridized carbons (Fsp3) is 0.889. The molecule has 1 heterocycles. The summed E-state index contributed by atoms with van der Waals surface area (Å²) in [5.41, 5.74) is -2.23. The first kappa shape index (κ1) is 19.0. The fourth-order valence-electron chi connectivity index (χ4n) is 1.34. The van der Waals surface area contributed by atoms with Crippen molar-refractivity contribution in [1.82, 2.24) is 4.90 Å². The third-order valence-electron chi connectivity index (χ3n) is 2.76. The maximum atomic E-state index is 10.6. The van der Waals surface area contributed by atoms with Crippen LogP contribution in [0.2, 0.25) is 0 Å². The molecule has 0 aromatic heterocycles. The van der Waals surface area contributed by atoms with E-state index in [4.69, 9.17) is 9.90 Å². The average Bonchev–Trinajstić information content (AvgIpc) is 2.10. The average molecular weight is 317 g/mol. The molecule has 0 spiro atoms. The number of alkyl halides is 3. The second-order valence-electron chi connectivity index (χ2n) is 5.33. The zero-order chi connectivity index (χ0) is 17.2. The number of hydrogen-bond acceptors (Lipinski definition) is 6. The van der Waals surface area contributed by atoms with Crippen LogP contribution in [0.15, 0.2) is 0 Å². The molecule has 0 radical (unpaired) electrons. The lowest BCUT2D eigenvalue weighted by Gasteiger charge is -2.44. The SMILES string of the molecule is CC(C)(C)N1CC([N+](=O)[O-])([N+](=O)[O-])C1.O=C(O)C(F)(F)F. The largest absolute Gasteiger partial charge is 0.490 e. The van der Waals surface area contributed by atoms with E-state index in [0.717, 1.165) is 0 Å². The van der Waals surface area contributed by atoms with Crippen molar-refractivity contribution in [2.45, 2.75) is 38.1 Å². The van der Waals surface area contributed by atoms with Crippen LogP contribution in [0.5, 0.6) is 0 Å². The Labute approximate surface area is 116 Å². The number of halogens is 3. The van der Waals surface area contributed by atoms with Gasteiger partial charge in [-0.2, -0.15) is 13.2 Å². The second-order valence-corrected chi connectivity index (χ2v) is 5.33. The van der Waals surface area contributed by atoms with Crippen LogP contribution in [0.1, 0.15) is 20.8 Å². The van der Waals surface area contributed by atoms with Crippen LogP contribution < -0.4 is 0 Å². The van der Waals surface area contributed by atoms with Gasteiger partial charge in [-0.15, -0.1) is 0 Å². The summed E-state index contributed by atoms with van der Waals surface area (Å²) < 4.78 is 31.7. The Bertz CT molecular complexity index is 423. The molecular formula is C9H14F3N3O6. The van der Waals surface area contributed by atoms with E-state index >= 15 is 0 Å². The van der Waals surface area contributed by atoms with Gasteiger partial charge in [0.05, 0.1) is 0 Å². The van der Waals surface area contributed by atoms with Crippen LogP contribution in [0.3, 0.4) is 0 Å². The molecule has 1 rings (SSSR count). The second kappa shape index (κ2) is 5.79. The smallest absolute Gasteiger partial charge is 0.475 e. The number of nitrogens with zero attached hydrogens (tertiary/aromatic N) is 3. The van der Waals surface area contributed by atoms with Crippen molar-refractivity contribution in [3.8, 4) is 0 Å². The molecule has 21 heavy (non-hydrogen) atoms. The molecule has 1 aliphatic rings. The van der Waals surface area contributed by atoms with Gasteiger partial charge in [0, 0.05) is 5.54 Å². The molecule has 1 aliphatic heterocycles. The molecule has 1 saturated heterocycles. The lowest BCUT2D eigenvalue weighted by atomic mass is 9.93. The maximum absolute atomic E-state index is 10.6. The Balaban J connectivity index is 0.000000486. The summed E-state index contributed by atoms with van der Waals surface area (Å²) in [6.45, 7) is 5.39. The minimum Gasteiger partial charge on any atom is -0.475 e. The number of nitro groups is 2. The Morgan fingerprint density at radius 2 is 1.43 bits per heavy atom. The molecule has 0 atom stereocenters. The van der Waals surface area contributed by atoms with Crippen molar-refractivity contribution in [2.24, 2.45) is 0 Å². The summed E-state index contributed by atoms with van der Waals surface area (Å²) in [5.74, 6) is -2.76. The van der Waals surface area contributed by atoms with Crippen molar-refractivity contribution in [1.29, 1.82) is 0 Å². The van der Waals surface area contributed by atoms with Gasteiger partial charge in [-0.3, -0.25) is 25.1 Å². The highest BCUT2D eigenvalue weighted by Crippen LogP contribution is 2.31. The zero-order valence-corrected chi connectivity index (χ0v) is 11.4. The Morgan fingerprint density at radius 3 is 1.57 bits per heavy atom. The van der Waals surface area contributed by atoms with Crippen molar-refractivity contribution in [2.75, 3.05) is 13.1 Å². The first-order valence-electron chi connectivity index (χ1n) is 5.49. The van der Waals surface area contributed by atoms with Crippen molar-refractivity contribution in [3.05, 3.63) is 20.2 Å². The topological polar surface area (TPSA) is 127 Å². The Morgan fingerprint density at radius 1 is 1.14 bits per heavy atom. The van der Waals surface area contributed by atoms with Crippen LogP contribution in [0.25, 0.3) is 0 Å². The normalized spacial score (nSPS) is 18.0. The summed E-state index contributed by atoms with van der Waals surface area (Å²) in [6, 6.07) is 0. The summed E-state index contributed by atoms with van der Waals surface area (Å²) in [7, 11) is 0. The fourth-order valence-corrected chi connectivity index (χ4v) is 1.34. The minimum absolute atomic E-state index is 0.115. The monoisotopic (exact) mass is 317 g/mol. The highest BCUT2D eigenvalue weighted by molar-refractivity contribution is 5.73. The van der Waals surface area contributed by atoms with Crippen molar-refractivity contribution < 1.29 is 32.9 Å². The van der Waals surface area contributed by atoms with E-state index in [9.17, 15) is 33.4 Å². The van der Waals surface area contributed by atoms with Gasteiger partial charge in [0.25, 0.3) is 0 Å². The standard InChI is InChI=1S/C7H13N3O4.C2HF3O2/c1-6(2,3)8-4-7(5-8,9(11)12)10(13)14;3-2(4,5)1(6)7/h4-5H2,1-3H3;(H,6,7). The summed E-state index contributed by atoms with van der Waals surface area (Å²) >= 11 is 0. The zero-order valence-electron chi connectivity index (χ0n) is 11.4. The van der Waals surface area contributed by atoms with Gasteiger partial charge in [0.1, 0.15) is 22.9 Å². The van der Waals surface area contributed by atoms with Gasteiger partial charge in [-0.05, 0) is 20.8 Å². The molecule has 122 valence electrons. The molecule has 0 saturated carbocycles.